The van der Waals surface area contributed by atoms with Crippen molar-refractivity contribution in [3.8, 4) is 0 Å². The van der Waals surface area contributed by atoms with Crippen molar-refractivity contribution in [1.29, 1.82) is 0 Å². The third kappa shape index (κ3) is 4.08. The maximum Gasteiger partial charge on any atom is 0.433 e. The van der Waals surface area contributed by atoms with Crippen LogP contribution in [0.1, 0.15) is 35.4 Å². The van der Waals surface area contributed by atoms with Gasteiger partial charge in [-0.1, -0.05) is 18.2 Å². The van der Waals surface area contributed by atoms with E-state index in [9.17, 15) is 13.2 Å². The van der Waals surface area contributed by atoms with Crippen molar-refractivity contribution in [1.82, 2.24) is 15.0 Å². The number of aryl methyl sites for hydroxylation is 1. The molecule has 0 spiro atoms. The summed E-state index contributed by atoms with van der Waals surface area (Å²) in [5.74, 6) is 0.146. The lowest BCUT2D eigenvalue weighted by Gasteiger charge is -2.23. The van der Waals surface area contributed by atoms with Gasteiger partial charge in [0.15, 0.2) is 5.69 Å². The Morgan fingerprint density at radius 1 is 1.03 bits per heavy atom. The van der Waals surface area contributed by atoms with Crippen molar-refractivity contribution < 1.29 is 17.9 Å². The summed E-state index contributed by atoms with van der Waals surface area (Å²) in [5, 5.41) is 4.24. The maximum absolute atomic E-state index is 13.6. The molecule has 0 unspecified atom stereocenters. The van der Waals surface area contributed by atoms with Crippen LogP contribution in [-0.4, -0.2) is 34.2 Å². The first-order valence-electron chi connectivity index (χ1n) is 10.6. The van der Waals surface area contributed by atoms with E-state index in [0.717, 1.165) is 35.7 Å². The van der Waals surface area contributed by atoms with Crippen LogP contribution in [0.2, 0.25) is 0 Å². The van der Waals surface area contributed by atoms with Gasteiger partial charge < -0.3 is 10.1 Å². The van der Waals surface area contributed by atoms with Crippen LogP contribution in [0.5, 0.6) is 0 Å². The fourth-order valence-corrected chi connectivity index (χ4v) is 4.63. The lowest BCUT2D eigenvalue weighted by atomic mass is 9.93. The summed E-state index contributed by atoms with van der Waals surface area (Å²) >= 11 is 0. The van der Waals surface area contributed by atoms with Crippen LogP contribution in [-0.2, 0) is 30.2 Å². The lowest BCUT2D eigenvalue weighted by Crippen LogP contribution is -2.31. The van der Waals surface area contributed by atoms with E-state index in [2.05, 4.69) is 20.3 Å². The van der Waals surface area contributed by atoms with Crippen LogP contribution in [0.25, 0.3) is 10.9 Å². The number of ether oxygens (including phenoxy) is 1. The zero-order valence-electron chi connectivity index (χ0n) is 17.0. The minimum atomic E-state index is -4.48. The first-order chi connectivity index (χ1) is 15.0. The van der Waals surface area contributed by atoms with E-state index in [-0.39, 0.29) is 23.5 Å². The highest BCUT2D eigenvalue weighted by Gasteiger charge is 2.38. The van der Waals surface area contributed by atoms with Crippen molar-refractivity contribution in [3.05, 3.63) is 59.0 Å². The topological polar surface area (TPSA) is 59.9 Å². The second kappa shape index (κ2) is 8.07. The summed E-state index contributed by atoms with van der Waals surface area (Å²) in [6.07, 6.45) is 0.575. The Morgan fingerprint density at radius 2 is 1.87 bits per heavy atom. The van der Waals surface area contributed by atoms with E-state index in [1.54, 1.807) is 6.20 Å². The van der Waals surface area contributed by atoms with Gasteiger partial charge in [-0.3, -0.25) is 4.98 Å². The minimum Gasteiger partial charge on any atom is -0.379 e. The molecule has 0 bridgehead atoms. The van der Waals surface area contributed by atoms with E-state index in [0.29, 0.717) is 31.7 Å². The first kappa shape index (κ1) is 20.2. The Hall–Kier alpha value is -2.74. The molecular weight excluding hydrogens is 405 g/mol. The van der Waals surface area contributed by atoms with Crippen LogP contribution < -0.4 is 5.32 Å². The van der Waals surface area contributed by atoms with Crippen LogP contribution in [0.4, 0.5) is 19.1 Å². The number of benzene rings is 1. The number of hydrogen-bond donors (Lipinski definition) is 1. The molecule has 3 heterocycles. The highest BCUT2D eigenvalue weighted by Crippen LogP contribution is 2.35. The average Bonchev–Trinajstić information content (AvgIpc) is 3.19. The Balaban J connectivity index is 1.41. The number of rotatable bonds is 4. The average molecular weight is 428 g/mol. The molecule has 31 heavy (non-hydrogen) atoms. The molecule has 1 fully saturated rings. The number of alkyl halides is 3. The molecule has 1 aromatic carbocycles. The molecule has 3 aromatic rings. The van der Waals surface area contributed by atoms with Crippen molar-refractivity contribution in [3.63, 3.8) is 0 Å². The smallest absolute Gasteiger partial charge is 0.379 e. The molecule has 2 aliphatic rings. The van der Waals surface area contributed by atoms with Gasteiger partial charge in [0.25, 0.3) is 0 Å². The SMILES string of the molecule is FC(F)(F)c1nc(N[C@@H]2COC[C@H]2Cc2ccnc3ccccc23)nc2c1CCCC2. The zero-order valence-corrected chi connectivity index (χ0v) is 17.0. The number of para-hydroxylation sites is 1. The third-order valence-corrected chi connectivity index (χ3v) is 6.19. The number of fused-ring (bicyclic) bond motifs is 2. The van der Waals surface area contributed by atoms with E-state index in [1.807, 2.05) is 30.3 Å². The Labute approximate surface area is 178 Å². The normalized spacial score (nSPS) is 21.3. The van der Waals surface area contributed by atoms with Gasteiger partial charge in [0.2, 0.25) is 5.95 Å². The standard InChI is InChI=1S/C23H23F3N4O/c24-23(25,26)21-17-6-2-4-8-19(17)28-22(30-21)29-20-13-31-12-15(20)11-14-9-10-27-18-7-3-1-5-16(14)18/h1,3,5,7,9-10,15,20H,2,4,6,8,11-13H2,(H,28,29,30)/t15-,20-/m1/s1. The highest BCUT2D eigenvalue weighted by atomic mass is 19.4. The van der Waals surface area contributed by atoms with Crippen LogP contribution in [0.15, 0.2) is 36.5 Å². The largest absolute Gasteiger partial charge is 0.433 e. The lowest BCUT2D eigenvalue weighted by molar-refractivity contribution is -0.142. The summed E-state index contributed by atoms with van der Waals surface area (Å²) < 4.78 is 46.6. The van der Waals surface area contributed by atoms with E-state index >= 15 is 0 Å². The molecule has 2 aromatic heterocycles. The van der Waals surface area contributed by atoms with Gasteiger partial charge in [-0.25, -0.2) is 9.97 Å². The zero-order chi connectivity index (χ0) is 21.4. The van der Waals surface area contributed by atoms with Gasteiger partial charge in [-0.15, -0.1) is 0 Å². The summed E-state index contributed by atoms with van der Waals surface area (Å²) in [4.78, 5) is 12.8. The fraction of sp³-hybridized carbons (Fsp3) is 0.435. The highest BCUT2D eigenvalue weighted by molar-refractivity contribution is 5.81. The second-order valence-electron chi connectivity index (χ2n) is 8.27. The summed E-state index contributed by atoms with van der Waals surface area (Å²) in [6, 6.07) is 9.78. The minimum absolute atomic E-state index is 0.0491. The van der Waals surface area contributed by atoms with Gasteiger partial charge in [0.1, 0.15) is 0 Å². The van der Waals surface area contributed by atoms with Crippen molar-refractivity contribution >= 4 is 16.9 Å². The Kier molecular flexibility index (Phi) is 5.25. The molecule has 5 nitrogen and oxygen atoms in total. The molecule has 162 valence electrons. The van der Waals surface area contributed by atoms with Crippen LogP contribution in [0.3, 0.4) is 0 Å². The molecule has 1 saturated heterocycles. The fourth-order valence-electron chi connectivity index (χ4n) is 4.63. The molecule has 5 rings (SSSR count). The van der Waals surface area contributed by atoms with Crippen molar-refractivity contribution in [2.45, 2.75) is 44.3 Å². The summed E-state index contributed by atoms with van der Waals surface area (Å²) in [6.45, 7) is 0.945. The third-order valence-electron chi connectivity index (χ3n) is 6.19. The molecule has 0 radical (unpaired) electrons. The Bertz CT molecular complexity index is 1100. The molecular formula is C23H23F3N4O. The summed E-state index contributed by atoms with van der Waals surface area (Å²) in [5.41, 5.74) is 2.06. The predicted octanol–water partition coefficient (Wildman–Crippen LogP) is 4.59. The van der Waals surface area contributed by atoms with Gasteiger partial charge in [0.05, 0.1) is 24.8 Å². The monoisotopic (exact) mass is 428 g/mol. The number of pyridine rings is 1. The maximum atomic E-state index is 13.6. The summed E-state index contributed by atoms with van der Waals surface area (Å²) in [7, 11) is 0. The second-order valence-corrected chi connectivity index (χ2v) is 8.27. The molecule has 1 N–H and O–H groups in total. The number of anilines is 1. The molecule has 0 saturated carbocycles. The van der Waals surface area contributed by atoms with Crippen LogP contribution in [0, 0.1) is 5.92 Å². The quantitative estimate of drug-likeness (QED) is 0.659. The van der Waals surface area contributed by atoms with E-state index < -0.39 is 11.9 Å². The number of hydrogen-bond acceptors (Lipinski definition) is 5. The van der Waals surface area contributed by atoms with Gasteiger partial charge in [-0.05, 0) is 49.8 Å². The molecule has 2 atom stereocenters. The molecule has 1 aliphatic heterocycles. The molecule has 0 amide bonds. The number of aromatic nitrogens is 3. The van der Waals surface area contributed by atoms with E-state index in [1.165, 1.54) is 0 Å². The van der Waals surface area contributed by atoms with Gasteiger partial charge in [-0.2, -0.15) is 13.2 Å². The van der Waals surface area contributed by atoms with Crippen molar-refractivity contribution in [2.24, 2.45) is 5.92 Å². The molecule has 1 aliphatic carbocycles. The number of halogens is 3. The number of nitrogens with one attached hydrogen (secondary N) is 1. The van der Waals surface area contributed by atoms with Gasteiger partial charge in [0, 0.05) is 28.8 Å². The number of nitrogens with zero attached hydrogens (tertiary/aromatic N) is 3. The van der Waals surface area contributed by atoms with Crippen molar-refractivity contribution in [2.75, 3.05) is 18.5 Å². The predicted molar refractivity (Wildman–Crippen MR) is 111 cm³/mol. The van der Waals surface area contributed by atoms with Gasteiger partial charge >= 0.3 is 6.18 Å². The Morgan fingerprint density at radius 3 is 2.74 bits per heavy atom. The molecule has 8 heteroatoms. The first-order valence-corrected chi connectivity index (χ1v) is 10.6. The van der Waals surface area contributed by atoms with E-state index in [4.69, 9.17) is 4.74 Å². The van der Waals surface area contributed by atoms with Crippen LogP contribution >= 0.6 is 0 Å².